The van der Waals surface area contributed by atoms with Gasteiger partial charge < -0.3 is 4.90 Å². The van der Waals surface area contributed by atoms with Crippen molar-refractivity contribution in [1.82, 2.24) is 15.2 Å². The first kappa shape index (κ1) is 39.5. The molecule has 244 valence electrons. The van der Waals surface area contributed by atoms with E-state index in [1.807, 2.05) is 89.3 Å². The maximum Gasteiger partial charge on any atom is 0.252 e. The molecular weight excluding hydrogens is 627 g/mol. The van der Waals surface area contributed by atoms with E-state index in [0.29, 0.717) is 0 Å². The Bertz CT molecular complexity index is 1300. The second kappa shape index (κ2) is 21.2. The summed E-state index contributed by atoms with van der Waals surface area (Å²) in [5.74, 6) is -0.134. The summed E-state index contributed by atoms with van der Waals surface area (Å²) in [5, 5.41) is 4.39. The van der Waals surface area contributed by atoms with Gasteiger partial charge in [0.2, 0.25) is 0 Å². The lowest BCUT2D eigenvalue weighted by Gasteiger charge is -2.39. The fourth-order valence-corrected chi connectivity index (χ4v) is 5.29. The van der Waals surface area contributed by atoms with E-state index < -0.39 is 5.41 Å². The van der Waals surface area contributed by atoms with E-state index in [9.17, 15) is 9.18 Å². The Morgan fingerprint density at radius 3 is 2.20 bits per heavy atom. The molecule has 2 aromatic rings. The molecule has 1 fully saturated rings. The number of benzene rings is 2. The number of hydrogen-bond acceptors (Lipinski definition) is 4. The van der Waals surface area contributed by atoms with Gasteiger partial charge in [-0.2, -0.15) is 5.10 Å². The highest BCUT2D eigenvalue weighted by atomic mass is 79.9. The molecule has 0 aliphatic carbocycles. The van der Waals surface area contributed by atoms with E-state index in [1.54, 1.807) is 18.2 Å². The lowest BCUT2D eigenvalue weighted by atomic mass is 9.72. The SMILES string of the molecule is C=C/C(Br)=C(/CN1CCC2(CC1)C(=O)NN=C2c1ccccc1)N(C)CC.C=C/C=C(C)\C=C/C.CC.Cc1ccc(F)cc1. The number of nitrogens with zero attached hydrogens (tertiary/aromatic N) is 3. The molecule has 1 spiro atoms. The van der Waals surface area contributed by atoms with Crippen LogP contribution in [0.25, 0.3) is 0 Å². The second-order valence-corrected chi connectivity index (χ2v) is 11.4. The fraction of sp³-hybridized carbons (Fsp3) is 0.368. The van der Waals surface area contributed by atoms with Crippen LogP contribution in [0.5, 0.6) is 0 Å². The topological polar surface area (TPSA) is 47.9 Å². The largest absolute Gasteiger partial charge is 0.376 e. The Morgan fingerprint density at radius 1 is 1.11 bits per heavy atom. The first-order chi connectivity index (χ1) is 21.6. The Kier molecular flexibility index (Phi) is 18.6. The first-order valence-corrected chi connectivity index (χ1v) is 16.4. The zero-order valence-corrected chi connectivity index (χ0v) is 29.8. The van der Waals surface area contributed by atoms with Crippen LogP contribution in [0.4, 0.5) is 4.39 Å². The first-order valence-electron chi connectivity index (χ1n) is 15.6. The zero-order valence-electron chi connectivity index (χ0n) is 28.2. The van der Waals surface area contributed by atoms with E-state index >= 15 is 0 Å². The van der Waals surface area contributed by atoms with Crippen LogP contribution in [0.2, 0.25) is 0 Å². The molecule has 2 heterocycles. The quantitative estimate of drug-likeness (QED) is 0.283. The number of aryl methyl sites for hydroxylation is 1. The van der Waals surface area contributed by atoms with E-state index in [-0.39, 0.29) is 11.7 Å². The van der Waals surface area contributed by atoms with Gasteiger partial charge in [-0.1, -0.05) is 111 Å². The van der Waals surface area contributed by atoms with Crippen molar-refractivity contribution in [1.29, 1.82) is 0 Å². The van der Waals surface area contributed by atoms with Crippen LogP contribution in [-0.4, -0.2) is 54.6 Å². The molecule has 1 N–H and O–H groups in total. The number of amides is 1. The highest BCUT2D eigenvalue weighted by molar-refractivity contribution is 9.11. The maximum atomic E-state index is 12.7. The standard InChI is InChI=1S/C21H27BrN4O.C8H12.C7H7F.C2H6/c1-4-17(22)18(25(3)5-2)15-26-13-11-21(12-14-26)19(23-24-20(21)27)16-9-7-6-8-10-16;1-4-6-8(3)7-5-2;1-6-2-4-7(8)5-3-6;1-2/h4,6-10H,1,5,11-15H2,2-3H3,(H,24,27);4-7H,1H2,2-3H3;2-5H,1H3;1-2H3/b18-17+;7-5-,8-6-;;. The number of halogens is 2. The molecule has 5 nitrogen and oxygen atoms in total. The molecule has 0 aromatic heterocycles. The van der Waals surface area contributed by atoms with Crippen LogP contribution in [0.1, 0.15) is 58.6 Å². The van der Waals surface area contributed by atoms with E-state index in [0.717, 1.165) is 60.3 Å². The minimum atomic E-state index is -0.506. The minimum absolute atomic E-state index is 0.0368. The van der Waals surface area contributed by atoms with Crippen LogP contribution >= 0.6 is 15.9 Å². The maximum absolute atomic E-state index is 12.7. The van der Waals surface area contributed by atoms with Crippen molar-refractivity contribution in [3.05, 3.63) is 131 Å². The number of carbonyl (C=O) groups is 1. The molecule has 4 rings (SSSR count). The van der Waals surface area contributed by atoms with Gasteiger partial charge >= 0.3 is 0 Å². The average Bonchev–Trinajstić information content (AvgIpc) is 3.38. The summed E-state index contributed by atoms with van der Waals surface area (Å²) in [5.41, 5.74) is 7.69. The number of carbonyl (C=O) groups excluding carboxylic acids is 1. The third-order valence-corrected chi connectivity index (χ3v) is 8.28. The van der Waals surface area contributed by atoms with Crippen molar-refractivity contribution in [3.63, 3.8) is 0 Å². The van der Waals surface area contributed by atoms with Gasteiger partial charge in [-0.15, -0.1) is 0 Å². The number of rotatable bonds is 8. The predicted molar refractivity (Wildman–Crippen MR) is 195 cm³/mol. The third kappa shape index (κ3) is 12.4. The lowest BCUT2D eigenvalue weighted by Crippen LogP contribution is -2.49. The molecule has 0 bridgehead atoms. The van der Waals surface area contributed by atoms with Gasteiger partial charge in [0.1, 0.15) is 5.82 Å². The van der Waals surface area contributed by atoms with Crippen molar-refractivity contribution in [3.8, 4) is 0 Å². The summed E-state index contributed by atoms with van der Waals surface area (Å²) in [4.78, 5) is 17.3. The van der Waals surface area contributed by atoms with E-state index in [4.69, 9.17) is 0 Å². The highest BCUT2D eigenvalue weighted by Gasteiger charge is 2.49. The van der Waals surface area contributed by atoms with Crippen molar-refractivity contribution < 1.29 is 9.18 Å². The van der Waals surface area contributed by atoms with Crippen LogP contribution in [0.3, 0.4) is 0 Å². The van der Waals surface area contributed by atoms with Gasteiger partial charge in [-0.3, -0.25) is 9.69 Å². The number of hydrazone groups is 1. The number of likely N-dealkylation sites (tertiary alicyclic amines) is 1. The molecular formula is C38H52BrFN4O. The van der Waals surface area contributed by atoms with Crippen LogP contribution < -0.4 is 5.43 Å². The molecule has 2 aliphatic rings. The Labute approximate surface area is 280 Å². The van der Waals surface area contributed by atoms with Gasteiger partial charge in [0, 0.05) is 30.3 Å². The summed E-state index contributed by atoms with van der Waals surface area (Å²) in [7, 11) is 2.09. The number of likely N-dealkylation sites (N-methyl/N-ethyl adjacent to an activating group) is 1. The Balaban J connectivity index is 0.000000459. The molecule has 0 radical (unpaired) electrons. The van der Waals surface area contributed by atoms with E-state index in [1.165, 1.54) is 23.4 Å². The van der Waals surface area contributed by atoms with Gasteiger partial charge in [0.15, 0.2) is 0 Å². The molecule has 2 aliphatic heterocycles. The molecule has 1 amide bonds. The minimum Gasteiger partial charge on any atom is -0.376 e. The molecule has 2 aromatic carbocycles. The molecule has 1 saturated heterocycles. The Hall–Kier alpha value is -3.55. The van der Waals surface area contributed by atoms with Crippen LogP contribution in [0, 0.1) is 18.2 Å². The summed E-state index contributed by atoms with van der Waals surface area (Å²) in [6.07, 6.45) is 11.2. The van der Waals surface area contributed by atoms with Gasteiger partial charge in [-0.05, 0) is 87.3 Å². The third-order valence-electron chi connectivity index (χ3n) is 7.50. The smallest absolute Gasteiger partial charge is 0.252 e. The van der Waals surface area contributed by atoms with Crippen molar-refractivity contribution in [2.45, 2.75) is 54.4 Å². The van der Waals surface area contributed by atoms with Crippen molar-refractivity contribution >= 4 is 27.5 Å². The zero-order chi connectivity index (χ0) is 33.8. The molecule has 0 unspecified atom stereocenters. The number of nitrogens with one attached hydrogen (secondary N) is 1. The van der Waals surface area contributed by atoms with Gasteiger partial charge in [0.25, 0.3) is 5.91 Å². The second-order valence-electron chi connectivity index (χ2n) is 10.6. The number of hydrogen-bond donors (Lipinski definition) is 1. The van der Waals surface area contributed by atoms with Crippen molar-refractivity contribution in [2.24, 2.45) is 10.5 Å². The fourth-order valence-electron chi connectivity index (χ4n) is 4.86. The average molecular weight is 680 g/mol. The number of piperidine rings is 1. The predicted octanol–water partition coefficient (Wildman–Crippen LogP) is 9.20. The molecule has 0 saturated carbocycles. The monoisotopic (exact) mass is 678 g/mol. The normalized spacial score (nSPS) is 16.1. The molecule has 45 heavy (non-hydrogen) atoms. The summed E-state index contributed by atoms with van der Waals surface area (Å²) >= 11 is 3.63. The van der Waals surface area contributed by atoms with Crippen molar-refractivity contribution in [2.75, 3.05) is 33.2 Å². The molecule has 0 atom stereocenters. The van der Waals surface area contributed by atoms with Gasteiger partial charge in [0.05, 0.1) is 11.1 Å². The lowest BCUT2D eigenvalue weighted by molar-refractivity contribution is -0.128. The van der Waals surface area contributed by atoms with Crippen LogP contribution in [-0.2, 0) is 4.79 Å². The Morgan fingerprint density at radius 2 is 1.71 bits per heavy atom. The van der Waals surface area contributed by atoms with Gasteiger partial charge in [-0.25, -0.2) is 9.82 Å². The highest BCUT2D eigenvalue weighted by Crippen LogP contribution is 2.39. The molecule has 7 heteroatoms. The number of allylic oxidation sites excluding steroid dienone is 7. The summed E-state index contributed by atoms with van der Waals surface area (Å²) in [6, 6.07) is 16.4. The van der Waals surface area contributed by atoms with E-state index in [2.05, 4.69) is 63.4 Å². The summed E-state index contributed by atoms with van der Waals surface area (Å²) < 4.78 is 13.1. The van der Waals surface area contributed by atoms with Crippen LogP contribution in [0.15, 0.2) is 119 Å². The summed E-state index contributed by atoms with van der Waals surface area (Å²) in [6.45, 7) is 23.1.